The summed E-state index contributed by atoms with van der Waals surface area (Å²) in [5.41, 5.74) is 0.474. The smallest absolute Gasteiger partial charge is 0.230 e. The van der Waals surface area contributed by atoms with Crippen molar-refractivity contribution in [3.8, 4) is 11.4 Å². The number of hydrogen-bond acceptors (Lipinski definition) is 5. The Bertz CT molecular complexity index is 606. The van der Waals surface area contributed by atoms with Crippen LogP contribution < -0.4 is 5.32 Å². The highest BCUT2D eigenvalue weighted by Gasteiger charge is 2.40. The number of aromatic amines is 1. The fourth-order valence-corrected chi connectivity index (χ4v) is 1.92. The maximum atomic E-state index is 11.9. The van der Waals surface area contributed by atoms with Gasteiger partial charge < -0.3 is 10.1 Å². The molecule has 1 saturated heterocycles. The van der Waals surface area contributed by atoms with Crippen LogP contribution >= 0.6 is 0 Å². The van der Waals surface area contributed by atoms with E-state index in [9.17, 15) is 4.79 Å². The fourth-order valence-electron chi connectivity index (χ4n) is 1.92. The summed E-state index contributed by atoms with van der Waals surface area (Å²) in [6, 6.07) is 3.66. The molecule has 2 aromatic heterocycles. The van der Waals surface area contributed by atoms with Crippen LogP contribution in [0.3, 0.4) is 0 Å². The van der Waals surface area contributed by atoms with Crippen LogP contribution in [0, 0.1) is 5.41 Å². The molecule has 3 heterocycles. The van der Waals surface area contributed by atoms with Gasteiger partial charge in [0.05, 0.1) is 25.2 Å². The number of carbonyl (C=O) groups is 1. The van der Waals surface area contributed by atoms with Crippen LogP contribution in [0.1, 0.15) is 12.7 Å². The molecule has 7 nitrogen and oxygen atoms in total. The van der Waals surface area contributed by atoms with E-state index in [-0.39, 0.29) is 5.91 Å². The van der Waals surface area contributed by atoms with Crippen LogP contribution in [0.2, 0.25) is 0 Å². The fraction of sp³-hybridized carbons (Fsp3) is 0.385. The second-order valence-electron chi connectivity index (χ2n) is 5.08. The summed E-state index contributed by atoms with van der Waals surface area (Å²) in [7, 11) is 0. The molecule has 1 aliphatic heterocycles. The molecule has 20 heavy (non-hydrogen) atoms. The van der Waals surface area contributed by atoms with Gasteiger partial charge in [0.1, 0.15) is 5.82 Å². The minimum atomic E-state index is -0.409. The Morgan fingerprint density at radius 2 is 2.20 bits per heavy atom. The topological polar surface area (TPSA) is 92.8 Å². The second-order valence-corrected chi connectivity index (χ2v) is 5.08. The Balaban J connectivity index is 1.62. The summed E-state index contributed by atoms with van der Waals surface area (Å²) < 4.78 is 5.07. The highest BCUT2D eigenvalue weighted by molar-refractivity contribution is 5.83. The van der Waals surface area contributed by atoms with E-state index in [0.29, 0.717) is 31.4 Å². The highest BCUT2D eigenvalue weighted by Crippen LogP contribution is 2.26. The Labute approximate surface area is 115 Å². The Morgan fingerprint density at radius 1 is 1.45 bits per heavy atom. The third-order valence-corrected chi connectivity index (χ3v) is 3.28. The summed E-state index contributed by atoms with van der Waals surface area (Å²) in [5.74, 6) is 1.19. The van der Waals surface area contributed by atoms with Gasteiger partial charge in [-0.3, -0.25) is 14.9 Å². The van der Waals surface area contributed by atoms with Gasteiger partial charge in [-0.25, -0.2) is 4.98 Å². The molecule has 0 bridgehead atoms. The number of ether oxygens (including phenoxy) is 1. The molecule has 1 fully saturated rings. The zero-order chi connectivity index (χ0) is 14.0. The molecule has 0 saturated carbocycles. The SMILES string of the molecule is CC1(C(=O)NCc2nc(-c3ccncc3)n[nH]2)COC1. The van der Waals surface area contributed by atoms with Crippen molar-refractivity contribution in [2.75, 3.05) is 13.2 Å². The van der Waals surface area contributed by atoms with Gasteiger partial charge in [0.2, 0.25) is 5.91 Å². The average Bonchev–Trinajstić information content (AvgIpc) is 2.92. The molecule has 7 heteroatoms. The first kappa shape index (κ1) is 12.7. The third-order valence-electron chi connectivity index (χ3n) is 3.28. The van der Waals surface area contributed by atoms with E-state index < -0.39 is 5.41 Å². The number of aromatic nitrogens is 4. The standard InChI is InChI=1S/C13H15N5O2/c1-13(7-20-8-13)12(19)15-6-10-16-11(18-17-10)9-2-4-14-5-3-9/h2-5H,6-8H2,1H3,(H,15,19)(H,16,17,18). The van der Waals surface area contributed by atoms with Crippen molar-refractivity contribution in [1.82, 2.24) is 25.5 Å². The number of pyridine rings is 1. The molecule has 1 amide bonds. The molecule has 104 valence electrons. The summed E-state index contributed by atoms with van der Waals surface area (Å²) >= 11 is 0. The lowest BCUT2D eigenvalue weighted by atomic mass is 9.88. The maximum absolute atomic E-state index is 11.9. The minimum absolute atomic E-state index is 0.0226. The second kappa shape index (κ2) is 5.01. The molecular weight excluding hydrogens is 258 g/mol. The monoisotopic (exact) mass is 273 g/mol. The number of hydrogen-bond donors (Lipinski definition) is 2. The first-order valence-corrected chi connectivity index (χ1v) is 6.35. The van der Waals surface area contributed by atoms with Gasteiger partial charge in [0.25, 0.3) is 0 Å². The predicted molar refractivity (Wildman–Crippen MR) is 70.4 cm³/mol. The number of nitrogens with one attached hydrogen (secondary N) is 2. The number of amides is 1. The predicted octanol–water partition coefficient (Wildman–Crippen LogP) is 0.519. The van der Waals surface area contributed by atoms with Crippen LogP contribution in [0.15, 0.2) is 24.5 Å². The molecule has 0 unspecified atom stereocenters. The Kier molecular flexibility index (Phi) is 3.19. The van der Waals surface area contributed by atoms with Crippen molar-refractivity contribution in [2.24, 2.45) is 5.41 Å². The average molecular weight is 273 g/mol. The zero-order valence-corrected chi connectivity index (χ0v) is 11.1. The van der Waals surface area contributed by atoms with Gasteiger partial charge in [-0.05, 0) is 19.1 Å². The molecule has 0 radical (unpaired) electrons. The number of H-pyrrole nitrogens is 1. The van der Waals surface area contributed by atoms with E-state index >= 15 is 0 Å². The first-order chi connectivity index (χ1) is 9.67. The van der Waals surface area contributed by atoms with Crippen molar-refractivity contribution in [2.45, 2.75) is 13.5 Å². The molecule has 0 aromatic carbocycles. The molecular formula is C13H15N5O2. The normalized spacial score (nSPS) is 16.4. The molecule has 0 spiro atoms. The Hall–Kier alpha value is -2.28. The van der Waals surface area contributed by atoms with E-state index in [1.165, 1.54) is 0 Å². The summed E-state index contributed by atoms with van der Waals surface area (Å²) in [4.78, 5) is 20.2. The minimum Gasteiger partial charge on any atom is -0.379 e. The van der Waals surface area contributed by atoms with Crippen LogP contribution in [-0.2, 0) is 16.1 Å². The lowest BCUT2D eigenvalue weighted by Gasteiger charge is -2.36. The van der Waals surface area contributed by atoms with Gasteiger partial charge in [-0.2, -0.15) is 5.10 Å². The molecule has 0 aliphatic carbocycles. The first-order valence-electron chi connectivity index (χ1n) is 6.35. The molecule has 2 N–H and O–H groups in total. The van der Waals surface area contributed by atoms with Crippen LogP contribution in [0.25, 0.3) is 11.4 Å². The van der Waals surface area contributed by atoms with Gasteiger partial charge in [0, 0.05) is 18.0 Å². The van der Waals surface area contributed by atoms with Gasteiger partial charge in [0.15, 0.2) is 5.82 Å². The van der Waals surface area contributed by atoms with E-state index in [2.05, 4.69) is 25.5 Å². The number of carbonyl (C=O) groups excluding carboxylic acids is 1. The van der Waals surface area contributed by atoms with Crippen molar-refractivity contribution in [1.29, 1.82) is 0 Å². The third kappa shape index (κ3) is 2.39. The quantitative estimate of drug-likeness (QED) is 0.847. The van der Waals surface area contributed by atoms with E-state index in [1.54, 1.807) is 12.4 Å². The lowest BCUT2D eigenvalue weighted by molar-refractivity contribution is -0.157. The molecule has 0 atom stereocenters. The zero-order valence-electron chi connectivity index (χ0n) is 11.1. The van der Waals surface area contributed by atoms with E-state index in [0.717, 1.165) is 5.56 Å². The van der Waals surface area contributed by atoms with Crippen LogP contribution in [-0.4, -0.2) is 39.3 Å². The summed E-state index contributed by atoms with van der Waals surface area (Å²) in [6.45, 7) is 3.15. The van der Waals surface area contributed by atoms with Crippen molar-refractivity contribution in [3.63, 3.8) is 0 Å². The van der Waals surface area contributed by atoms with E-state index in [4.69, 9.17) is 4.74 Å². The van der Waals surface area contributed by atoms with Gasteiger partial charge in [-0.15, -0.1) is 0 Å². The maximum Gasteiger partial charge on any atom is 0.230 e. The summed E-state index contributed by atoms with van der Waals surface area (Å²) in [5, 5.41) is 9.78. The Morgan fingerprint density at radius 3 is 2.85 bits per heavy atom. The van der Waals surface area contributed by atoms with Crippen LogP contribution in [0.4, 0.5) is 0 Å². The van der Waals surface area contributed by atoms with Crippen molar-refractivity contribution < 1.29 is 9.53 Å². The van der Waals surface area contributed by atoms with Crippen molar-refractivity contribution in [3.05, 3.63) is 30.4 Å². The summed E-state index contributed by atoms with van der Waals surface area (Å²) in [6.07, 6.45) is 3.37. The molecule has 3 rings (SSSR count). The number of rotatable bonds is 4. The highest BCUT2D eigenvalue weighted by atomic mass is 16.5. The van der Waals surface area contributed by atoms with E-state index in [1.807, 2.05) is 19.1 Å². The van der Waals surface area contributed by atoms with Gasteiger partial charge >= 0.3 is 0 Å². The molecule has 1 aliphatic rings. The van der Waals surface area contributed by atoms with Crippen LogP contribution in [0.5, 0.6) is 0 Å². The molecule has 2 aromatic rings. The van der Waals surface area contributed by atoms with Gasteiger partial charge in [-0.1, -0.05) is 0 Å². The van der Waals surface area contributed by atoms with Crippen molar-refractivity contribution >= 4 is 5.91 Å². The number of nitrogens with zero attached hydrogens (tertiary/aromatic N) is 3. The largest absolute Gasteiger partial charge is 0.379 e. The lowest BCUT2D eigenvalue weighted by Crippen LogP contribution is -2.51.